The van der Waals surface area contributed by atoms with Gasteiger partial charge in [-0.1, -0.05) is 32.0 Å². The zero-order valence-electron chi connectivity index (χ0n) is 12.3. The molecule has 0 fully saturated rings. The van der Waals surface area contributed by atoms with Crippen LogP contribution in [-0.4, -0.2) is 29.3 Å². The first-order valence-electron chi connectivity index (χ1n) is 7.08. The minimum absolute atomic E-state index is 0.104. The van der Waals surface area contributed by atoms with E-state index in [1.807, 2.05) is 44.3 Å². The maximum absolute atomic E-state index is 11.7. The van der Waals surface area contributed by atoms with Gasteiger partial charge < -0.3 is 15.5 Å². The standard InChI is InChI=1S/C16H21N3O2/c1-10(2)15(9-20)19-14(16(17)21)7-11-8-18-13-6-4-3-5-12(11)13/h3-6,8-10,14-15,18-19H,7H2,1-2H3,(H2,17,21). The lowest BCUT2D eigenvalue weighted by Gasteiger charge is -2.22. The van der Waals surface area contributed by atoms with Gasteiger partial charge in [0.1, 0.15) is 6.29 Å². The van der Waals surface area contributed by atoms with Crippen molar-refractivity contribution in [2.24, 2.45) is 11.7 Å². The average Bonchev–Trinajstić information content (AvgIpc) is 2.86. The van der Waals surface area contributed by atoms with Crippen LogP contribution in [0.3, 0.4) is 0 Å². The number of nitrogens with one attached hydrogen (secondary N) is 2. The Morgan fingerprint density at radius 1 is 1.38 bits per heavy atom. The minimum atomic E-state index is -0.568. The van der Waals surface area contributed by atoms with Gasteiger partial charge in [0, 0.05) is 17.1 Å². The number of benzene rings is 1. The summed E-state index contributed by atoms with van der Waals surface area (Å²) in [6, 6.07) is 6.93. The van der Waals surface area contributed by atoms with E-state index in [2.05, 4.69) is 10.3 Å². The van der Waals surface area contributed by atoms with E-state index in [0.29, 0.717) is 6.42 Å². The molecule has 0 aliphatic carbocycles. The number of hydrogen-bond acceptors (Lipinski definition) is 3. The van der Waals surface area contributed by atoms with Crippen LogP contribution in [0, 0.1) is 5.92 Å². The number of aromatic nitrogens is 1. The van der Waals surface area contributed by atoms with Gasteiger partial charge in [0.2, 0.25) is 5.91 Å². The molecule has 4 N–H and O–H groups in total. The van der Waals surface area contributed by atoms with Crippen molar-refractivity contribution in [2.75, 3.05) is 0 Å². The van der Waals surface area contributed by atoms with Crippen molar-refractivity contribution < 1.29 is 9.59 Å². The van der Waals surface area contributed by atoms with Crippen molar-refractivity contribution in [3.63, 3.8) is 0 Å². The molecule has 5 heteroatoms. The predicted octanol–water partition coefficient (Wildman–Crippen LogP) is 1.38. The highest BCUT2D eigenvalue weighted by Gasteiger charge is 2.23. The number of H-pyrrole nitrogens is 1. The molecular weight excluding hydrogens is 266 g/mol. The van der Waals surface area contributed by atoms with Crippen LogP contribution in [0.5, 0.6) is 0 Å². The van der Waals surface area contributed by atoms with Crippen LogP contribution < -0.4 is 11.1 Å². The van der Waals surface area contributed by atoms with Crippen molar-refractivity contribution in [3.8, 4) is 0 Å². The van der Waals surface area contributed by atoms with E-state index >= 15 is 0 Å². The van der Waals surface area contributed by atoms with Crippen LogP contribution in [0.2, 0.25) is 0 Å². The summed E-state index contributed by atoms with van der Waals surface area (Å²) in [5, 5.41) is 4.12. The van der Waals surface area contributed by atoms with Crippen LogP contribution in [-0.2, 0) is 16.0 Å². The van der Waals surface area contributed by atoms with E-state index in [0.717, 1.165) is 22.8 Å². The average molecular weight is 287 g/mol. The van der Waals surface area contributed by atoms with Gasteiger partial charge in [0.15, 0.2) is 0 Å². The molecule has 21 heavy (non-hydrogen) atoms. The second kappa shape index (κ2) is 6.54. The summed E-state index contributed by atoms with van der Waals surface area (Å²) in [6.45, 7) is 3.85. The third-order valence-corrected chi connectivity index (χ3v) is 3.70. The molecule has 1 aromatic carbocycles. The van der Waals surface area contributed by atoms with Crippen LogP contribution in [0.25, 0.3) is 10.9 Å². The Balaban J connectivity index is 2.20. The Kier molecular flexibility index (Phi) is 4.75. The number of para-hydroxylation sites is 1. The number of fused-ring (bicyclic) bond motifs is 1. The second-order valence-electron chi connectivity index (χ2n) is 5.59. The molecule has 2 atom stereocenters. The summed E-state index contributed by atoms with van der Waals surface area (Å²) in [5.74, 6) is -0.347. The fourth-order valence-electron chi connectivity index (χ4n) is 2.38. The van der Waals surface area contributed by atoms with Crippen LogP contribution in [0.4, 0.5) is 0 Å². The van der Waals surface area contributed by atoms with Gasteiger partial charge in [-0.25, -0.2) is 0 Å². The number of aromatic amines is 1. The van der Waals surface area contributed by atoms with Gasteiger partial charge in [-0.2, -0.15) is 0 Å². The molecule has 0 radical (unpaired) electrons. The fraction of sp³-hybridized carbons (Fsp3) is 0.375. The Bertz CT molecular complexity index is 633. The highest BCUT2D eigenvalue weighted by molar-refractivity contribution is 5.85. The molecule has 1 amide bonds. The SMILES string of the molecule is CC(C)C(C=O)NC(Cc1c[nH]c2ccccc12)C(N)=O. The van der Waals surface area contributed by atoms with Crippen molar-refractivity contribution in [1.29, 1.82) is 0 Å². The van der Waals surface area contributed by atoms with Gasteiger partial charge in [-0.05, 0) is 24.0 Å². The normalized spacial score (nSPS) is 14.2. The first-order chi connectivity index (χ1) is 10.0. The summed E-state index contributed by atoms with van der Waals surface area (Å²) < 4.78 is 0. The predicted molar refractivity (Wildman–Crippen MR) is 82.8 cm³/mol. The van der Waals surface area contributed by atoms with Crippen LogP contribution in [0.15, 0.2) is 30.5 Å². The van der Waals surface area contributed by atoms with Crippen molar-refractivity contribution in [3.05, 3.63) is 36.0 Å². The number of nitrogens with two attached hydrogens (primary N) is 1. The number of amides is 1. The fourth-order valence-corrected chi connectivity index (χ4v) is 2.38. The van der Waals surface area contributed by atoms with E-state index in [1.54, 1.807) is 0 Å². The van der Waals surface area contributed by atoms with Gasteiger partial charge >= 0.3 is 0 Å². The second-order valence-corrected chi connectivity index (χ2v) is 5.59. The number of carbonyl (C=O) groups is 2. The molecule has 112 valence electrons. The maximum Gasteiger partial charge on any atom is 0.234 e. The molecule has 5 nitrogen and oxygen atoms in total. The molecule has 2 aromatic rings. The molecule has 1 heterocycles. The van der Waals surface area contributed by atoms with Crippen molar-refractivity contribution >= 4 is 23.1 Å². The summed E-state index contributed by atoms with van der Waals surface area (Å²) in [4.78, 5) is 25.9. The quantitative estimate of drug-likeness (QED) is 0.672. The zero-order chi connectivity index (χ0) is 15.4. The van der Waals surface area contributed by atoms with E-state index in [-0.39, 0.29) is 12.0 Å². The van der Waals surface area contributed by atoms with Crippen LogP contribution in [0.1, 0.15) is 19.4 Å². The largest absolute Gasteiger partial charge is 0.368 e. The smallest absolute Gasteiger partial charge is 0.234 e. The van der Waals surface area contributed by atoms with Crippen molar-refractivity contribution in [2.45, 2.75) is 32.4 Å². The Hall–Kier alpha value is -2.14. The molecule has 0 aliphatic heterocycles. The van der Waals surface area contributed by atoms with E-state index in [1.165, 1.54) is 0 Å². The number of aldehydes is 1. The molecule has 2 rings (SSSR count). The molecule has 0 aliphatic rings. The summed E-state index contributed by atoms with van der Waals surface area (Å²) in [7, 11) is 0. The molecule has 2 unspecified atom stereocenters. The van der Waals surface area contributed by atoms with Crippen molar-refractivity contribution in [1.82, 2.24) is 10.3 Å². The van der Waals surface area contributed by atoms with E-state index in [9.17, 15) is 9.59 Å². The molecule has 0 spiro atoms. The first kappa shape index (κ1) is 15.3. The maximum atomic E-state index is 11.7. The first-order valence-corrected chi connectivity index (χ1v) is 7.08. The van der Waals surface area contributed by atoms with E-state index in [4.69, 9.17) is 5.73 Å². The summed E-state index contributed by atoms with van der Waals surface area (Å²) in [5.41, 5.74) is 7.50. The van der Waals surface area contributed by atoms with E-state index < -0.39 is 11.9 Å². The van der Waals surface area contributed by atoms with Crippen LogP contribution >= 0.6 is 0 Å². The number of carbonyl (C=O) groups excluding carboxylic acids is 2. The summed E-state index contributed by atoms with van der Waals surface area (Å²) >= 11 is 0. The Morgan fingerprint density at radius 2 is 2.10 bits per heavy atom. The zero-order valence-corrected chi connectivity index (χ0v) is 12.3. The molecule has 0 saturated carbocycles. The molecular formula is C16H21N3O2. The molecule has 0 saturated heterocycles. The lowest BCUT2D eigenvalue weighted by molar-refractivity contribution is -0.120. The van der Waals surface area contributed by atoms with Gasteiger partial charge in [-0.15, -0.1) is 0 Å². The van der Waals surface area contributed by atoms with Gasteiger partial charge in [0.25, 0.3) is 0 Å². The third-order valence-electron chi connectivity index (χ3n) is 3.70. The summed E-state index contributed by atoms with van der Waals surface area (Å²) in [6.07, 6.45) is 3.17. The van der Waals surface area contributed by atoms with Gasteiger partial charge in [0.05, 0.1) is 12.1 Å². The highest BCUT2D eigenvalue weighted by Crippen LogP contribution is 2.19. The number of rotatable bonds is 7. The lowest BCUT2D eigenvalue weighted by Crippen LogP contribution is -2.50. The minimum Gasteiger partial charge on any atom is -0.368 e. The lowest BCUT2D eigenvalue weighted by atomic mass is 10.0. The Morgan fingerprint density at radius 3 is 2.71 bits per heavy atom. The molecule has 0 bridgehead atoms. The topological polar surface area (TPSA) is 88.0 Å². The monoisotopic (exact) mass is 287 g/mol. The Labute approximate surface area is 123 Å². The third kappa shape index (κ3) is 3.49. The van der Waals surface area contributed by atoms with Gasteiger partial charge in [-0.3, -0.25) is 10.1 Å². The number of primary amides is 1. The number of hydrogen-bond donors (Lipinski definition) is 3. The molecule has 1 aromatic heterocycles. The highest BCUT2D eigenvalue weighted by atomic mass is 16.1.